The van der Waals surface area contributed by atoms with E-state index in [0.717, 1.165) is 10.9 Å². The van der Waals surface area contributed by atoms with E-state index in [9.17, 15) is 9.59 Å². The Kier molecular flexibility index (Phi) is 4.54. The van der Waals surface area contributed by atoms with Gasteiger partial charge < -0.3 is 4.42 Å². The van der Waals surface area contributed by atoms with Gasteiger partial charge in [-0.3, -0.25) is 4.79 Å². The molecule has 0 radical (unpaired) electrons. The van der Waals surface area contributed by atoms with Crippen molar-refractivity contribution in [3.05, 3.63) is 81.2 Å². The lowest BCUT2D eigenvalue weighted by atomic mass is 9.98. The van der Waals surface area contributed by atoms with Crippen molar-refractivity contribution < 1.29 is 9.21 Å². The number of carbonyl (C=O) groups is 1. The molecule has 1 aromatic heterocycles. The van der Waals surface area contributed by atoms with E-state index >= 15 is 0 Å². The highest BCUT2D eigenvalue weighted by Gasteiger charge is 2.33. The number of benzene rings is 2. The van der Waals surface area contributed by atoms with Crippen LogP contribution in [0, 0.1) is 0 Å². The first kappa shape index (κ1) is 17.5. The lowest BCUT2D eigenvalue weighted by Crippen LogP contribution is -2.26. The number of rotatable bonds is 3. The number of carbonyl (C=O) groups excluding carboxylic acids is 1. The third-order valence-corrected chi connectivity index (χ3v) is 4.93. The average molecular weight is 381 g/mol. The number of para-hydroxylation sites is 1. The standard InChI is InChI=1S/C21H17ClN2O3/c1-2-20(25)24-18(13-7-9-15(22)10-8-13)12-17(23-24)16-11-14-5-3-4-6-19(14)27-21(16)26/h3-11,18H,2,12H2,1H3. The van der Waals surface area contributed by atoms with Crippen molar-refractivity contribution in [1.82, 2.24) is 5.01 Å². The number of hydrazone groups is 1. The van der Waals surface area contributed by atoms with Crippen molar-refractivity contribution in [3.63, 3.8) is 0 Å². The van der Waals surface area contributed by atoms with Gasteiger partial charge in [-0.1, -0.05) is 48.9 Å². The summed E-state index contributed by atoms with van der Waals surface area (Å²) in [7, 11) is 0. The van der Waals surface area contributed by atoms with Crippen LogP contribution in [-0.4, -0.2) is 16.6 Å². The zero-order valence-corrected chi connectivity index (χ0v) is 15.4. The monoisotopic (exact) mass is 380 g/mol. The molecule has 0 fully saturated rings. The zero-order chi connectivity index (χ0) is 19.0. The molecule has 1 atom stereocenters. The second-order valence-corrected chi connectivity index (χ2v) is 6.83. The minimum absolute atomic E-state index is 0.102. The predicted octanol–water partition coefficient (Wildman–Crippen LogP) is 4.53. The zero-order valence-electron chi connectivity index (χ0n) is 14.7. The molecule has 1 aliphatic heterocycles. The lowest BCUT2D eigenvalue weighted by molar-refractivity contribution is -0.132. The maximum atomic E-state index is 12.5. The molecule has 136 valence electrons. The summed E-state index contributed by atoms with van der Waals surface area (Å²) in [6, 6.07) is 16.2. The van der Waals surface area contributed by atoms with Crippen LogP contribution in [0.5, 0.6) is 0 Å². The molecule has 27 heavy (non-hydrogen) atoms. The molecule has 6 heteroatoms. The molecule has 0 aliphatic carbocycles. The van der Waals surface area contributed by atoms with Crippen LogP contribution in [0.4, 0.5) is 0 Å². The lowest BCUT2D eigenvalue weighted by Gasteiger charge is -2.21. The van der Waals surface area contributed by atoms with Gasteiger partial charge in [-0.2, -0.15) is 5.10 Å². The van der Waals surface area contributed by atoms with Gasteiger partial charge in [0, 0.05) is 23.3 Å². The number of amides is 1. The first-order valence-electron chi connectivity index (χ1n) is 8.75. The molecule has 0 saturated heterocycles. The van der Waals surface area contributed by atoms with Crippen LogP contribution >= 0.6 is 11.6 Å². The van der Waals surface area contributed by atoms with Gasteiger partial charge in [-0.25, -0.2) is 9.80 Å². The number of fused-ring (bicyclic) bond motifs is 1. The summed E-state index contributed by atoms with van der Waals surface area (Å²) >= 11 is 5.98. The van der Waals surface area contributed by atoms with Gasteiger partial charge >= 0.3 is 5.63 Å². The molecular weight excluding hydrogens is 364 g/mol. The fourth-order valence-corrected chi connectivity index (χ4v) is 3.40. The van der Waals surface area contributed by atoms with Gasteiger partial charge in [0.1, 0.15) is 5.58 Å². The van der Waals surface area contributed by atoms with E-state index in [0.29, 0.717) is 34.7 Å². The molecule has 3 aromatic rings. The summed E-state index contributed by atoms with van der Waals surface area (Å²) in [4.78, 5) is 24.9. The molecule has 0 bridgehead atoms. The second-order valence-electron chi connectivity index (χ2n) is 6.40. The highest BCUT2D eigenvalue weighted by Crippen LogP contribution is 2.33. The molecule has 5 nitrogen and oxygen atoms in total. The molecule has 4 rings (SSSR count). The van der Waals surface area contributed by atoms with Crippen molar-refractivity contribution in [2.24, 2.45) is 5.10 Å². The first-order valence-corrected chi connectivity index (χ1v) is 9.13. The molecule has 1 aliphatic rings. The second kappa shape index (κ2) is 7.00. The Morgan fingerprint density at radius 2 is 1.96 bits per heavy atom. The maximum absolute atomic E-state index is 12.5. The van der Waals surface area contributed by atoms with Gasteiger partial charge in [0.25, 0.3) is 0 Å². The Morgan fingerprint density at radius 1 is 1.22 bits per heavy atom. The average Bonchev–Trinajstić information content (AvgIpc) is 3.12. The smallest absolute Gasteiger partial charge is 0.345 e. The van der Waals surface area contributed by atoms with Crippen LogP contribution in [0.2, 0.25) is 5.02 Å². The minimum Gasteiger partial charge on any atom is -0.422 e. The fourth-order valence-electron chi connectivity index (χ4n) is 3.27. The van der Waals surface area contributed by atoms with E-state index in [2.05, 4.69) is 5.10 Å². The molecule has 0 N–H and O–H groups in total. The molecule has 2 heterocycles. The van der Waals surface area contributed by atoms with E-state index in [4.69, 9.17) is 16.0 Å². The third kappa shape index (κ3) is 3.26. The Labute approximate surface area is 160 Å². The molecule has 2 aromatic carbocycles. The van der Waals surface area contributed by atoms with Crippen LogP contribution < -0.4 is 5.63 Å². The largest absolute Gasteiger partial charge is 0.422 e. The summed E-state index contributed by atoms with van der Waals surface area (Å²) in [5.74, 6) is -0.102. The Hall–Kier alpha value is -2.92. The van der Waals surface area contributed by atoms with Crippen LogP contribution in [0.3, 0.4) is 0 Å². The van der Waals surface area contributed by atoms with Crippen molar-refractivity contribution >= 4 is 34.2 Å². The third-order valence-electron chi connectivity index (χ3n) is 4.68. The highest BCUT2D eigenvalue weighted by atomic mass is 35.5. The van der Waals surface area contributed by atoms with E-state index in [1.54, 1.807) is 31.2 Å². The quantitative estimate of drug-likeness (QED) is 0.627. The normalized spacial score (nSPS) is 16.6. The Morgan fingerprint density at radius 3 is 2.70 bits per heavy atom. The van der Waals surface area contributed by atoms with Gasteiger partial charge in [0.2, 0.25) is 5.91 Å². The van der Waals surface area contributed by atoms with Gasteiger partial charge in [0.15, 0.2) is 0 Å². The number of hydrogen-bond donors (Lipinski definition) is 0. The molecule has 1 unspecified atom stereocenters. The van der Waals surface area contributed by atoms with Crippen molar-refractivity contribution in [1.29, 1.82) is 0 Å². The molecule has 0 saturated carbocycles. The summed E-state index contributed by atoms with van der Waals surface area (Å²) in [6.45, 7) is 1.79. The molecule has 0 spiro atoms. The van der Waals surface area contributed by atoms with Gasteiger partial charge in [-0.05, 0) is 29.8 Å². The van der Waals surface area contributed by atoms with Gasteiger partial charge in [-0.15, -0.1) is 0 Å². The number of hydrogen-bond acceptors (Lipinski definition) is 4. The van der Waals surface area contributed by atoms with Crippen molar-refractivity contribution in [2.45, 2.75) is 25.8 Å². The van der Waals surface area contributed by atoms with Crippen molar-refractivity contribution in [3.8, 4) is 0 Å². The number of nitrogens with zero attached hydrogens (tertiary/aromatic N) is 2. The van der Waals surface area contributed by atoms with E-state index in [-0.39, 0.29) is 11.9 Å². The van der Waals surface area contributed by atoms with Crippen LogP contribution in [-0.2, 0) is 4.79 Å². The van der Waals surface area contributed by atoms with Gasteiger partial charge in [0.05, 0.1) is 17.3 Å². The van der Waals surface area contributed by atoms with Crippen LogP contribution in [0.1, 0.15) is 36.9 Å². The topological polar surface area (TPSA) is 62.9 Å². The summed E-state index contributed by atoms with van der Waals surface area (Å²) in [5.41, 5.74) is 1.94. The SMILES string of the molecule is CCC(=O)N1N=C(c2cc3ccccc3oc2=O)CC1c1ccc(Cl)cc1. The molecule has 1 amide bonds. The van der Waals surface area contributed by atoms with E-state index < -0.39 is 5.63 Å². The highest BCUT2D eigenvalue weighted by molar-refractivity contribution is 6.30. The van der Waals surface area contributed by atoms with E-state index in [1.165, 1.54) is 5.01 Å². The minimum atomic E-state index is -0.451. The fraction of sp³-hybridized carbons (Fsp3) is 0.190. The first-order chi connectivity index (χ1) is 13.1. The predicted molar refractivity (Wildman–Crippen MR) is 105 cm³/mol. The van der Waals surface area contributed by atoms with Crippen LogP contribution in [0.15, 0.2) is 68.9 Å². The Balaban J connectivity index is 1.77. The maximum Gasteiger partial charge on any atom is 0.345 e. The molecular formula is C21H17ClN2O3. The summed E-state index contributed by atoms with van der Waals surface area (Å²) in [6.07, 6.45) is 0.768. The van der Waals surface area contributed by atoms with Crippen molar-refractivity contribution in [2.75, 3.05) is 0 Å². The number of halogens is 1. The summed E-state index contributed by atoms with van der Waals surface area (Å²) in [5, 5.41) is 7.39. The van der Waals surface area contributed by atoms with E-state index in [1.807, 2.05) is 30.3 Å². The summed E-state index contributed by atoms with van der Waals surface area (Å²) < 4.78 is 5.43. The van der Waals surface area contributed by atoms with Crippen LogP contribution in [0.25, 0.3) is 11.0 Å². The Bertz CT molecular complexity index is 1100.